The van der Waals surface area contributed by atoms with Gasteiger partial charge in [0.05, 0.1) is 12.3 Å². The second-order valence-corrected chi connectivity index (χ2v) is 8.24. The Morgan fingerprint density at radius 2 is 1.78 bits per heavy atom. The molecule has 0 amide bonds. The van der Waals surface area contributed by atoms with Crippen molar-refractivity contribution < 1.29 is 31.2 Å². The summed E-state index contributed by atoms with van der Waals surface area (Å²) in [5.74, 6) is 0.973. The van der Waals surface area contributed by atoms with E-state index in [0.29, 0.717) is 37.1 Å². The lowest BCUT2D eigenvalue weighted by molar-refractivity contribution is -0.727. The summed E-state index contributed by atoms with van der Waals surface area (Å²) in [7, 11) is 0. The summed E-state index contributed by atoms with van der Waals surface area (Å²) in [4.78, 5) is 16.1. The molecule has 0 fully saturated rings. The van der Waals surface area contributed by atoms with E-state index in [9.17, 15) is 4.79 Å². The smallest absolute Gasteiger partial charge is 0.310 e. The van der Waals surface area contributed by atoms with Gasteiger partial charge in [0.2, 0.25) is 5.96 Å². The maximum absolute atomic E-state index is 11.7. The number of hydrogen-bond acceptors (Lipinski definition) is 6. The number of nitrogens with zero attached hydrogens (tertiary/aromatic N) is 3. The van der Waals surface area contributed by atoms with E-state index in [4.69, 9.17) is 32.1 Å². The number of unbranched alkanes of at least 4 members (excludes halogenated alkanes) is 4. The molecule has 0 atom stereocenters. The third-order valence-electron chi connectivity index (χ3n) is 4.94. The van der Waals surface area contributed by atoms with Gasteiger partial charge < -0.3 is 32.9 Å². The van der Waals surface area contributed by atoms with Gasteiger partial charge in [-0.2, -0.15) is 9.83 Å². The van der Waals surface area contributed by atoms with Crippen molar-refractivity contribution in [3.05, 3.63) is 53.8 Å². The Hall–Kier alpha value is -3.06. The first-order valence-corrected chi connectivity index (χ1v) is 12.2. The van der Waals surface area contributed by atoms with E-state index in [1.54, 1.807) is 17.0 Å². The van der Waals surface area contributed by atoms with Crippen LogP contribution in [0.5, 0.6) is 5.75 Å². The molecule has 4 N–H and O–H groups in total. The van der Waals surface area contributed by atoms with Crippen molar-refractivity contribution >= 4 is 29.2 Å². The molecule has 1 aromatic heterocycles. The highest BCUT2D eigenvalue weighted by molar-refractivity contribution is 6.30. The summed E-state index contributed by atoms with van der Waals surface area (Å²) < 4.78 is 12.7. The Bertz CT molecular complexity index is 950. The number of aliphatic imine (C=N–C) groups is 1. The first-order valence-electron chi connectivity index (χ1n) is 11.8. The number of rotatable bonds is 15. The van der Waals surface area contributed by atoms with Gasteiger partial charge in [0, 0.05) is 30.1 Å². The van der Waals surface area contributed by atoms with Crippen LogP contribution in [-0.2, 0) is 16.3 Å². The summed E-state index contributed by atoms with van der Waals surface area (Å²) in [6.07, 6.45) is 11.3. The SMILES string of the molecule is N#CN/C(=N/CCCCCCOc1ccc(Cl)cc1)Nc1cc[n+](COC(=O)CCCCN)cc1.[Cl-]. The van der Waals surface area contributed by atoms with E-state index in [2.05, 4.69) is 15.6 Å². The minimum absolute atomic E-state index is 0. The molecule has 0 aliphatic carbocycles. The predicted molar refractivity (Wildman–Crippen MR) is 136 cm³/mol. The summed E-state index contributed by atoms with van der Waals surface area (Å²) in [6, 6.07) is 11.0. The molecule has 1 aromatic carbocycles. The largest absolute Gasteiger partial charge is 1.00 e. The minimum Gasteiger partial charge on any atom is -1.00 e. The number of nitrogens with two attached hydrogens (primary N) is 1. The summed E-state index contributed by atoms with van der Waals surface area (Å²) in [6.45, 7) is 1.98. The topological polar surface area (TPSA) is 126 Å². The van der Waals surface area contributed by atoms with Gasteiger partial charge >= 0.3 is 5.97 Å². The lowest BCUT2D eigenvalue weighted by Gasteiger charge is -2.08. The predicted octanol–water partition coefficient (Wildman–Crippen LogP) is 0.739. The second-order valence-electron chi connectivity index (χ2n) is 7.80. The highest BCUT2D eigenvalue weighted by Crippen LogP contribution is 2.16. The zero-order valence-corrected chi connectivity index (χ0v) is 21.8. The quantitative estimate of drug-likeness (QED) is 0.0582. The number of ether oxygens (including phenoxy) is 2. The van der Waals surface area contributed by atoms with Crippen LogP contribution in [0.4, 0.5) is 5.69 Å². The number of carbonyl (C=O) groups is 1. The Balaban J connectivity index is 0.00000648. The molecule has 196 valence electrons. The highest BCUT2D eigenvalue weighted by Gasteiger charge is 2.07. The first-order chi connectivity index (χ1) is 17.1. The Kier molecular flexibility index (Phi) is 16.5. The molecule has 0 aliphatic heterocycles. The number of pyridine rings is 1. The molecule has 0 spiro atoms. The summed E-state index contributed by atoms with van der Waals surface area (Å²) in [5.41, 5.74) is 6.18. The third-order valence-corrected chi connectivity index (χ3v) is 5.19. The summed E-state index contributed by atoms with van der Waals surface area (Å²) >= 11 is 5.86. The van der Waals surface area contributed by atoms with E-state index in [1.165, 1.54) is 0 Å². The van der Waals surface area contributed by atoms with Gasteiger partial charge in [-0.1, -0.05) is 18.0 Å². The number of benzene rings is 1. The lowest BCUT2D eigenvalue weighted by Crippen LogP contribution is -3.00. The Morgan fingerprint density at radius 3 is 2.47 bits per heavy atom. The van der Waals surface area contributed by atoms with Crippen LogP contribution >= 0.6 is 11.6 Å². The van der Waals surface area contributed by atoms with Crippen LogP contribution in [-0.4, -0.2) is 31.6 Å². The van der Waals surface area contributed by atoms with E-state index < -0.39 is 0 Å². The number of carbonyl (C=O) groups excluding carboxylic acids is 1. The van der Waals surface area contributed by atoms with Gasteiger partial charge in [-0.15, -0.1) is 0 Å². The number of nitriles is 1. The molecule has 0 saturated heterocycles. The molecule has 2 rings (SSSR count). The normalized spacial score (nSPS) is 10.6. The van der Waals surface area contributed by atoms with Crippen molar-refractivity contribution in [2.45, 2.75) is 51.7 Å². The zero-order valence-electron chi connectivity index (χ0n) is 20.3. The minimum atomic E-state index is -0.241. The van der Waals surface area contributed by atoms with Gasteiger partial charge in [0.15, 0.2) is 18.6 Å². The van der Waals surface area contributed by atoms with Gasteiger partial charge in [-0.25, -0.2) is 0 Å². The van der Waals surface area contributed by atoms with Gasteiger partial charge in [0.1, 0.15) is 5.75 Å². The van der Waals surface area contributed by atoms with Crippen LogP contribution < -0.4 is 38.1 Å². The van der Waals surface area contributed by atoms with Crippen molar-refractivity contribution in [2.24, 2.45) is 10.7 Å². The number of hydrogen-bond donors (Lipinski definition) is 3. The molecule has 2 aromatic rings. The monoisotopic (exact) mass is 536 g/mol. The molecular weight excluding hydrogens is 503 g/mol. The average Bonchev–Trinajstić information content (AvgIpc) is 2.86. The Morgan fingerprint density at radius 1 is 1.06 bits per heavy atom. The van der Waals surface area contributed by atoms with Crippen molar-refractivity contribution in [2.75, 3.05) is 25.0 Å². The Labute approximate surface area is 224 Å². The lowest BCUT2D eigenvalue weighted by atomic mass is 10.2. The molecule has 0 aliphatic rings. The molecular formula is C25H34Cl2N6O3. The van der Waals surface area contributed by atoms with E-state index >= 15 is 0 Å². The van der Waals surface area contributed by atoms with Gasteiger partial charge in [-0.05, 0) is 62.9 Å². The fourth-order valence-electron chi connectivity index (χ4n) is 3.04. The third kappa shape index (κ3) is 13.7. The maximum atomic E-state index is 11.7. The van der Waals surface area contributed by atoms with Crippen LogP contribution in [0.3, 0.4) is 0 Å². The van der Waals surface area contributed by atoms with Crippen LogP contribution in [0.1, 0.15) is 44.9 Å². The van der Waals surface area contributed by atoms with E-state index in [1.807, 2.05) is 42.6 Å². The van der Waals surface area contributed by atoms with Crippen LogP contribution in [0.25, 0.3) is 0 Å². The standard InChI is InChI=1S/C25H33ClN6O3.ClH/c26-21-8-10-23(11-9-21)34-18-6-2-1-5-15-29-25(30-19-28)31-22-12-16-32(17-13-22)20-35-24(33)7-3-4-14-27;/h8-13,16-17H,1-7,14-15,18,20,27H2,(H,29,30);1H. The molecule has 0 bridgehead atoms. The van der Waals surface area contributed by atoms with E-state index in [0.717, 1.165) is 50.0 Å². The number of anilines is 1. The number of halogens is 2. The van der Waals surface area contributed by atoms with Crippen molar-refractivity contribution in [3.63, 3.8) is 0 Å². The first kappa shape index (κ1) is 31.0. The number of nitrogens with one attached hydrogen (secondary N) is 2. The summed E-state index contributed by atoms with van der Waals surface area (Å²) in [5, 5.41) is 15.4. The molecule has 0 radical (unpaired) electrons. The molecule has 1 heterocycles. The van der Waals surface area contributed by atoms with Crippen LogP contribution in [0.15, 0.2) is 53.8 Å². The average molecular weight is 537 g/mol. The van der Waals surface area contributed by atoms with E-state index in [-0.39, 0.29) is 25.1 Å². The van der Waals surface area contributed by atoms with Crippen LogP contribution in [0.2, 0.25) is 5.02 Å². The molecule has 11 heteroatoms. The molecule has 0 unspecified atom stereocenters. The van der Waals surface area contributed by atoms with Crippen LogP contribution in [0, 0.1) is 11.5 Å². The zero-order chi connectivity index (χ0) is 25.1. The van der Waals surface area contributed by atoms with Crippen molar-refractivity contribution in [3.8, 4) is 11.9 Å². The fourth-order valence-corrected chi connectivity index (χ4v) is 3.16. The van der Waals surface area contributed by atoms with Gasteiger partial charge in [0.25, 0.3) is 6.73 Å². The van der Waals surface area contributed by atoms with Crippen molar-refractivity contribution in [1.82, 2.24) is 5.32 Å². The molecule has 0 saturated carbocycles. The molecule has 9 nitrogen and oxygen atoms in total. The van der Waals surface area contributed by atoms with Gasteiger partial charge in [-0.3, -0.25) is 15.1 Å². The number of guanidine groups is 1. The number of esters is 1. The highest BCUT2D eigenvalue weighted by atomic mass is 35.5. The molecule has 36 heavy (non-hydrogen) atoms. The number of aromatic nitrogens is 1. The fraction of sp³-hybridized carbons (Fsp3) is 0.440. The maximum Gasteiger partial charge on any atom is 0.310 e. The second kappa shape index (κ2) is 19.2. The van der Waals surface area contributed by atoms with Crippen molar-refractivity contribution in [1.29, 1.82) is 5.26 Å².